The molecule has 2 heterocycles. The predicted octanol–water partition coefficient (Wildman–Crippen LogP) is 1.11. The summed E-state index contributed by atoms with van der Waals surface area (Å²) in [5.74, 6) is 0.140. The van der Waals surface area contributed by atoms with Gasteiger partial charge in [-0.2, -0.15) is 5.10 Å². The van der Waals surface area contributed by atoms with Gasteiger partial charge in [-0.15, -0.1) is 0 Å². The first kappa shape index (κ1) is 12.8. The smallest absolute Gasteiger partial charge is 0.224 e. The summed E-state index contributed by atoms with van der Waals surface area (Å²) in [5, 5.41) is 10.7. The number of piperidine rings is 1. The number of anilines is 2. The molecule has 20 heavy (non-hydrogen) atoms. The van der Waals surface area contributed by atoms with Crippen LogP contribution in [0.25, 0.3) is 10.9 Å². The summed E-state index contributed by atoms with van der Waals surface area (Å²) in [6, 6.07) is 3.95. The Morgan fingerprint density at radius 1 is 1.55 bits per heavy atom. The van der Waals surface area contributed by atoms with Crippen molar-refractivity contribution >= 4 is 28.2 Å². The molecule has 1 aromatic carbocycles. The molecule has 106 valence electrons. The van der Waals surface area contributed by atoms with Crippen molar-refractivity contribution in [3.63, 3.8) is 0 Å². The zero-order valence-corrected chi connectivity index (χ0v) is 11.5. The van der Waals surface area contributed by atoms with Crippen LogP contribution in [0.15, 0.2) is 18.3 Å². The molecule has 1 amide bonds. The lowest BCUT2D eigenvalue weighted by atomic mass is 9.96. The first-order valence-electron chi connectivity index (χ1n) is 6.88. The largest absolute Gasteiger partial charge is 0.397 e. The number of hydrogen-bond acceptors (Lipinski definition) is 4. The summed E-state index contributed by atoms with van der Waals surface area (Å²) in [6.07, 6.45) is 3.69. The average Bonchev–Trinajstić information content (AvgIpc) is 2.92. The second kappa shape index (κ2) is 5.03. The number of H-pyrrole nitrogens is 1. The maximum absolute atomic E-state index is 11.8. The Balaban J connectivity index is 1.89. The molecule has 1 saturated heterocycles. The van der Waals surface area contributed by atoms with Gasteiger partial charge < -0.3 is 16.0 Å². The Bertz CT molecular complexity index is 636. The van der Waals surface area contributed by atoms with Crippen LogP contribution in [0, 0.1) is 5.92 Å². The molecule has 0 radical (unpaired) electrons. The maximum Gasteiger partial charge on any atom is 0.224 e. The highest BCUT2D eigenvalue weighted by Crippen LogP contribution is 2.31. The van der Waals surface area contributed by atoms with Gasteiger partial charge >= 0.3 is 0 Å². The van der Waals surface area contributed by atoms with Crippen LogP contribution in [0.5, 0.6) is 0 Å². The zero-order valence-electron chi connectivity index (χ0n) is 11.5. The normalized spacial score (nSPS) is 19.2. The number of nitrogen functional groups attached to an aromatic ring is 1. The van der Waals surface area contributed by atoms with Gasteiger partial charge in [-0.25, -0.2) is 0 Å². The molecular formula is C14H19N5O. The summed E-state index contributed by atoms with van der Waals surface area (Å²) >= 11 is 0. The Morgan fingerprint density at radius 3 is 3.20 bits per heavy atom. The van der Waals surface area contributed by atoms with Gasteiger partial charge in [0.2, 0.25) is 5.91 Å². The van der Waals surface area contributed by atoms with Crippen molar-refractivity contribution in [2.75, 3.05) is 30.8 Å². The molecule has 3 rings (SSSR count). The van der Waals surface area contributed by atoms with Gasteiger partial charge in [0.1, 0.15) is 0 Å². The van der Waals surface area contributed by atoms with Crippen molar-refractivity contribution in [3.8, 4) is 0 Å². The van der Waals surface area contributed by atoms with E-state index in [4.69, 9.17) is 5.73 Å². The van der Waals surface area contributed by atoms with E-state index < -0.39 is 0 Å². The lowest BCUT2D eigenvalue weighted by Gasteiger charge is -2.34. The molecule has 1 aromatic heterocycles. The van der Waals surface area contributed by atoms with Gasteiger partial charge in [0.25, 0.3) is 0 Å². The Kier molecular flexibility index (Phi) is 3.22. The van der Waals surface area contributed by atoms with Gasteiger partial charge in [-0.05, 0) is 25.0 Å². The average molecular weight is 273 g/mol. The van der Waals surface area contributed by atoms with Crippen molar-refractivity contribution in [3.05, 3.63) is 18.3 Å². The molecule has 0 bridgehead atoms. The third-order valence-corrected chi connectivity index (χ3v) is 3.97. The number of nitrogens with zero attached hydrogens (tertiary/aromatic N) is 2. The van der Waals surface area contributed by atoms with E-state index in [0.29, 0.717) is 6.54 Å². The molecule has 6 heteroatoms. The number of fused-ring (bicyclic) bond motifs is 1. The molecular weight excluding hydrogens is 254 g/mol. The minimum atomic E-state index is 0.0330. The Hall–Kier alpha value is -2.24. The number of nitrogens with two attached hydrogens (primary N) is 1. The molecule has 1 fully saturated rings. The van der Waals surface area contributed by atoms with E-state index in [1.54, 1.807) is 13.2 Å². The van der Waals surface area contributed by atoms with E-state index >= 15 is 0 Å². The standard InChI is InChI=1S/C14H19N5O/c1-16-14(20)9-3-2-4-19(8-9)13-6-12-10(5-11(13)15)7-17-18-12/h5-7,9H,2-4,8,15H2,1H3,(H,16,20)(H,17,18). The van der Waals surface area contributed by atoms with Crippen molar-refractivity contribution in [1.29, 1.82) is 0 Å². The minimum absolute atomic E-state index is 0.0330. The van der Waals surface area contributed by atoms with Gasteiger partial charge in [-0.1, -0.05) is 0 Å². The fraction of sp³-hybridized carbons (Fsp3) is 0.429. The second-order valence-corrected chi connectivity index (χ2v) is 5.27. The fourth-order valence-corrected chi connectivity index (χ4v) is 2.89. The molecule has 4 N–H and O–H groups in total. The van der Waals surface area contributed by atoms with Crippen molar-refractivity contribution in [1.82, 2.24) is 15.5 Å². The molecule has 6 nitrogen and oxygen atoms in total. The minimum Gasteiger partial charge on any atom is -0.397 e. The quantitative estimate of drug-likeness (QED) is 0.715. The summed E-state index contributed by atoms with van der Waals surface area (Å²) in [4.78, 5) is 14.0. The molecule has 1 aliphatic heterocycles. The van der Waals surface area contributed by atoms with Crippen LogP contribution >= 0.6 is 0 Å². The third kappa shape index (κ3) is 2.17. The predicted molar refractivity (Wildman–Crippen MR) is 79.5 cm³/mol. The van der Waals surface area contributed by atoms with Gasteiger partial charge in [-0.3, -0.25) is 9.89 Å². The number of carbonyl (C=O) groups excluding carboxylic acids is 1. The van der Waals surface area contributed by atoms with E-state index in [9.17, 15) is 4.79 Å². The highest BCUT2D eigenvalue weighted by atomic mass is 16.1. The van der Waals surface area contributed by atoms with Crippen LogP contribution in [0.2, 0.25) is 0 Å². The van der Waals surface area contributed by atoms with Gasteiger partial charge in [0.05, 0.1) is 29.0 Å². The molecule has 1 aliphatic rings. The number of hydrogen-bond donors (Lipinski definition) is 3. The number of benzene rings is 1. The summed E-state index contributed by atoms with van der Waals surface area (Å²) in [5.41, 5.74) is 8.83. The second-order valence-electron chi connectivity index (χ2n) is 5.27. The maximum atomic E-state index is 11.8. The lowest BCUT2D eigenvalue weighted by Crippen LogP contribution is -2.42. The lowest BCUT2D eigenvalue weighted by molar-refractivity contribution is -0.124. The number of aromatic amines is 1. The van der Waals surface area contributed by atoms with Crippen molar-refractivity contribution in [2.45, 2.75) is 12.8 Å². The topological polar surface area (TPSA) is 87.0 Å². The van der Waals surface area contributed by atoms with Crippen LogP contribution in [0.3, 0.4) is 0 Å². The van der Waals surface area contributed by atoms with E-state index in [0.717, 1.165) is 41.7 Å². The van der Waals surface area contributed by atoms with Crippen LogP contribution < -0.4 is 16.0 Å². The van der Waals surface area contributed by atoms with Crippen molar-refractivity contribution in [2.24, 2.45) is 5.92 Å². The third-order valence-electron chi connectivity index (χ3n) is 3.97. The van der Waals surface area contributed by atoms with E-state index in [1.807, 2.05) is 12.1 Å². The SMILES string of the molecule is CNC(=O)C1CCCN(c2cc3[nH]ncc3cc2N)C1. The first-order chi connectivity index (χ1) is 9.69. The monoisotopic (exact) mass is 273 g/mol. The highest BCUT2D eigenvalue weighted by molar-refractivity contribution is 5.89. The van der Waals surface area contributed by atoms with Crippen LogP contribution in [-0.4, -0.2) is 36.2 Å². The van der Waals surface area contributed by atoms with E-state index in [1.165, 1.54) is 0 Å². The number of aromatic nitrogens is 2. The molecule has 2 aromatic rings. The van der Waals surface area contributed by atoms with E-state index in [-0.39, 0.29) is 11.8 Å². The summed E-state index contributed by atoms with van der Waals surface area (Å²) in [7, 11) is 1.69. The number of nitrogens with one attached hydrogen (secondary N) is 2. The van der Waals surface area contributed by atoms with Gasteiger partial charge in [0, 0.05) is 25.5 Å². The van der Waals surface area contributed by atoms with Crippen LogP contribution in [-0.2, 0) is 4.79 Å². The summed E-state index contributed by atoms with van der Waals surface area (Å²) < 4.78 is 0. The first-order valence-corrected chi connectivity index (χ1v) is 6.88. The summed E-state index contributed by atoms with van der Waals surface area (Å²) in [6.45, 7) is 1.64. The van der Waals surface area contributed by atoms with E-state index in [2.05, 4.69) is 20.4 Å². The molecule has 0 spiro atoms. The number of carbonyl (C=O) groups is 1. The molecule has 1 unspecified atom stereocenters. The Morgan fingerprint density at radius 2 is 2.40 bits per heavy atom. The molecule has 1 atom stereocenters. The van der Waals surface area contributed by atoms with Crippen LogP contribution in [0.4, 0.5) is 11.4 Å². The fourth-order valence-electron chi connectivity index (χ4n) is 2.89. The Labute approximate surface area is 117 Å². The number of rotatable bonds is 2. The van der Waals surface area contributed by atoms with Crippen molar-refractivity contribution < 1.29 is 4.79 Å². The van der Waals surface area contributed by atoms with Crippen LogP contribution in [0.1, 0.15) is 12.8 Å². The molecule has 0 aliphatic carbocycles. The van der Waals surface area contributed by atoms with Gasteiger partial charge in [0.15, 0.2) is 0 Å². The number of amides is 1. The highest BCUT2D eigenvalue weighted by Gasteiger charge is 2.26. The molecule has 0 saturated carbocycles. The zero-order chi connectivity index (χ0) is 14.1.